The molecule has 0 amide bonds. The zero-order valence-electron chi connectivity index (χ0n) is 7.77. The highest BCUT2D eigenvalue weighted by Crippen LogP contribution is 2.26. The SMILES string of the molecule is N#CC(C#N)=Cc1cccc2ccsc12. The molecule has 0 atom stereocenters. The van der Waals surface area contributed by atoms with Crippen molar-refractivity contribution >= 4 is 27.5 Å². The minimum Gasteiger partial charge on any atom is -0.192 e. The zero-order chi connectivity index (χ0) is 10.7. The molecule has 0 aliphatic rings. The highest BCUT2D eigenvalue weighted by atomic mass is 32.1. The summed E-state index contributed by atoms with van der Waals surface area (Å²) in [7, 11) is 0. The third-order valence-corrected chi connectivity index (χ3v) is 3.03. The van der Waals surface area contributed by atoms with Crippen molar-refractivity contribution in [3.63, 3.8) is 0 Å². The molecule has 0 aliphatic carbocycles. The van der Waals surface area contributed by atoms with Gasteiger partial charge in [0.1, 0.15) is 17.7 Å². The van der Waals surface area contributed by atoms with E-state index in [1.165, 1.54) is 0 Å². The van der Waals surface area contributed by atoms with Crippen LogP contribution in [0.5, 0.6) is 0 Å². The monoisotopic (exact) mass is 210 g/mol. The van der Waals surface area contributed by atoms with Crippen LogP contribution in [0.25, 0.3) is 16.2 Å². The molecule has 2 aromatic rings. The van der Waals surface area contributed by atoms with Crippen molar-refractivity contribution in [3.8, 4) is 12.1 Å². The Morgan fingerprint density at radius 3 is 2.73 bits per heavy atom. The molecule has 0 radical (unpaired) electrons. The smallest absolute Gasteiger partial charge is 0.130 e. The predicted octanol–water partition coefficient (Wildman–Crippen LogP) is 3.33. The lowest BCUT2D eigenvalue weighted by Gasteiger charge is -1.95. The Bertz CT molecular complexity index is 592. The van der Waals surface area contributed by atoms with Crippen LogP contribution in [0.3, 0.4) is 0 Å². The molecule has 1 aromatic heterocycles. The highest BCUT2D eigenvalue weighted by Gasteiger charge is 2.00. The van der Waals surface area contributed by atoms with Crippen LogP contribution in [0.1, 0.15) is 5.56 Å². The van der Waals surface area contributed by atoms with Crippen molar-refractivity contribution in [2.24, 2.45) is 0 Å². The Kier molecular flexibility index (Phi) is 2.49. The van der Waals surface area contributed by atoms with E-state index in [9.17, 15) is 0 Å². The third-order valence-electron chi connectivity index (χ3n) is 2.05. The minimum atomic E-state index is 0.135. The number of rotatable bonds is 1. The first-order valence-corrected chi connectivity index (χ1v) is 5.21. The van der Waals surface area contributed by atoms with Gasteiger partial charge in [-0.25, -0.2) is 0 Å². The number of hydrogen-bond acceptors (Lipinski definition) is 3. The maximum Gasteiger partial charge on any atom is 0.130 e. The van der Waals surface area contributed by atoms with Gasteiger partial charge in [0, 0.05) is 4.70 Å². The summed E-state index contributed by atoms with van der Waals surface area (Å²) in [4.78, 5) is 0. The molecule has 0 N–H and O–H groups in total. The molecule has 0 fully saturated rings. The van der Waals surface area contributed by atoms with Gasteiger partial charge in [0.05, 0.1) is 0 Å². The lowest BCUT2D eigenvalue weighted by Crippen LogP contribution is -1.75. The molecule has 0 unspecified atom stereocenters. The summed E-state index contributed by atoms with van der Waals surface area (Å²) in [5, 5.41) is 20.5. The van der Waals surface area contributed by atoms with Crippen molar-refractivity contribution in [3.05, 3.63) is 40.8 Å². The van der Waals surface area contributed by atoms with E-state index < -0.39 is 0 Å². The van der Waals surface area contributed by atoms with Gasteiger partial charge < -0.3 is 0 Å². The summed E-state index contributed by atoms with van der Waals surface area (Å²) in [6.07, 6.45) is 1.62. The van der Waals surface area contributed by atoms with Crippen molar-refractivity contribution in [2.75, 3.05) is 0 Å². The molecule has 0 saturated heterocycles. The average Bonchev–Trinajstić information content (AvgIpc) is 2.74. The standard InChI is InChI=1S/C12H6N2S/c13-7-9(8-14)6-11-3-1-2-10-4-5-15-12(10)11/h1-6H. The van der Waals surface area contributed by atoms with Crippen LogP contribution in [-0.4, -0.2) is 0 Å². The molecular formula is C12H6N2S. The van der Waals surface area contributed by atoms with E-state index in [4.69, 9.17) is 10.5 Å². The minimum absolute atomic E-state index is 0.135. The van der Waals surface area contributed by atoms with Gasteiger partial charge in [-0.2, -0.15) is 10.5 Å². The Balaban J connectivity index is 2.64. The van der Waals surface area contributed by atoms with Crippen molar-refractivity contribution in [1.29, 1.82) is 10.5 Å². The Morgan fingerprint density at radius 1 is 1.20 bits per heavy atom. The number of hydrogen-bond donors (Lipinski definition) is 0. The lowest BCUT2D eigenvalue weighted by atomic mass is 10.1. The maximum absolute atomic E-state index is 8.67. The van der Waals surface area contributed by atoms with Gasteiger partial charge in [-0.15, -0.1) is 11.3 Å². The second kappa shape index (κ2) is 3.96. The van der Waals surface area contributed by atoms with Gasteiger partial charge in [0.2, 0.25) is 0 Å². The first kappa shape index (κ1) is 9.45. The van der Waals surface area contributed by atoms with Gasteiger partial charge in [-0.05, 0) is 28.5 Å². The van der Waals surface area contributed by atoms with E-state index in [1.54, 1.807) is 17.4 Å². The molecular weight excluding hydrogens is 204 g/mol. The number of thiophene rings is 1. The normalized spacial score (nSPS) is 9.20. The van der Waals surface area contributed by atoms with Crippen molar-refractivity contribution in [2.45, 2.75) is 0 Å². The average molecular weight is 210 g/mol. The van der Waals surface area contributed by atoms with Crippen molar-refractivity contribution < 1.29 is 0 Å². The predicted molar refractivity (Wildman–Crippen MR) is 61.0 cm³/mol. The molecule has 1 heterocycles. The number of benzene rings is 1. The van der Waals surface area contributed by atoms with Gasteiger partial charge in [0.25, 0.3) is 0 Å². The third kappa shape index (κ3) is 1.74. The Hall–Kier alpha value is -2.10. The summed E-state index contributed by atoms with van der Waals surface area (Å²) in [5.74, 6) is 0. The fraction of sp³-hybridized carbons (Fsp3) is 0. The quantitative estimate of drug-likeness (QED) is 0.678. The van der Waals surface area contributed by atoms with Crippen LogP contribution in [0.15, 0.2) is 35.2 Å². The van der Waals surface area contributed by atoms with E-state index in [-0.39, 0.29) is 5.57 Å². The van der Waals surface area contributed by atoms with Crippen LogP contribution in [0.4, 0.5) is 0 Å². The number of fused-ring (bicyclic) bond motifs is 1. The second-order valence-electron chi connectivity index (χ2n) is 2.97. The Morgan fingerprint density at radius 2 is 2.00 bits per heavy atom. The molecule has 2 nitrogen and oxygen atoms in total. The first-order chi connectivity index (χ1) is 7.35. The van der Waals surface area contributed by atoms with E-state index >= 15 is 0 Å². The molecule has 1 aromatic carbocycles. The molecule has 15 heavy (non-hydrogen) atoms. The molecule has 0 bridgehead atoms. The fourth-order valence-electron chi connectivity index (χ4n) is 1.37. The largest absolute Gasteiger partial charge is 0.192 e. The Labute approximate surface area is 91.3 Å². The van der Waals surface area contributed by atoms with E-state index in [2.05, 4.69) is 0 Å². The lowest BCUT2D eigenvalue weighted by molar-refractivity contribution is 1.47. The zero-order valence-corrected chi connectivity index (χ0v) is 8.58. The number of nitriles is 2. The van der Waals surface area contributed by atoms with Gasteiger partial charge in [-0.1, -0.05) is 18.2 Å². The maximum atomic E-state index is 8.67. The van der Waals surface area contributed by atoms with Crippen LogP contribution < -0.4 is 0 Å². The van der Waals surface area contributed by atoms with E-state index in [0.717, 1.165) is 15.6 Å². The summed E-state index contributed by atoms with van der Waals surface area (Å²) >= 11 is 1.61. The molecule has 0 spiro atoms. The molecule has 2 rings (SSSR count). The van der Waals surface area contributed by atoms with Crippen LogP contribution in [0.2, 0.25) is 0 Å². The second-order valence-corrected chi connectivity index (χ2v) is 3.88. The molecule has 70 valence electrons. The van der Waals surface area contributed by atoms with Crippen LogP contribution in [0, 0.1) is 22.7 Å². The summed E-state index contributed by atoms with van der Waals surface area (Å²) in [6.45, 7) is 0. The first-order valence-electron chi connectivity index (χ1n) is 4.33. The summed E-state index contributed by atoms with van der Waals surface area (Å²) < 4.78 is 1.11. The molecule has 0 aliphatic heterocycles. The summed E-state index contributed by atoms with van der Waals surface area (Å²) in [6, 6.07) is 11.6. The van der Waals surface area contributed by atoms with Gasteiger partial charge in [0.15, 0.2) is 0 Å². The number of nitrogens with zero attached hydrogens (tertiary/aromatic N) is 2. The van der Waals surface area contributed by atoms with Crippen LogP contribution >= 0.6 is 11.3 Å². The highest BCUT2D eigenvalue weighted by molar-refractivity contribution is 7.17. The topological polar surface area (TPSA) is 47.6 Å². The van der Waals surface area contributed by atoms with Crippen molar-refractivity contribution in [1.82, 2.24) is 0 Å². The van der Waals surface area contributed by atoms with Gasteiger partial charge >= 0.3 is 0 Å². The molecule has 0 saturated carbocycles. The van der Waals surface area contributed by atoms with E-state index in [0.29, 0.717) is 0 Å². The number of allylic oxidation sites excluding steroid dienone is 1. The van der Waals surface area contributed by atoms with E-state index in [1.807, 2.05) is 41.8 Å². The van der Waals surface area contributed by atoms with Gasteiger partial charge in [-0.3, -0.25) is 0 Å². The van der Waals surface area contributed by atoms with Crippen LogP contribution in [-0.2, 0) is 0 Å². The summed E-state index contributed by atoms with van der Waals surface area (Å²) in [5.41, 5.74) is 1.07. The fourth-order valence-corrected chi connectivity index (χ4v) is 2.26. The molecule has 3 heteroatoms.